The van der Waals surface area contributed by atoms with Crippen molar-refractivity contribution in [3.05, 3.63) is 111 Å². The van der Waals surface area contributed by atoms with E-state index < -0.39 is 28.1 Å². The molecule has 0 fully saturated rings. The average molecular weight is 587 g/mol. The molecule has 0 amide bonds. The maximum atomic E-state index is 14.2. The van der Waals surface area contributed by atoms with Crippen LogP contribution in [-0.2, 0) is 19.6 Å². The highest BCUT2D eigenvalue weighted by atomic mass is 127. The number of hydrogen-bond acceptors (Lipinski definition) is 4. The first-order chi connectivity index (χ1) is 16.3. The highest BCUT2D eigenvalue weighted by Gasteiger charge is 2.45. The maximum Gasteiger partial charge on any atom is 0.335 e. The molecule has 0 radical (unpaired) electrons. The van der Waals surface area contributed by atoms with E-state index in [4.69, 9.17) is 4.74 Å². The van der Waals surface area contributed by atoms with E-state index in [0.29, 0.717) is 12.0 Å². The van der Waals surface area contributed by atoms with Crippen LogP contribution in [0.1, 0.15) is 42.1 Å². The van der Waals surface area contributed by atoms with Crippen LogP contribution < -0.4 is 0 Å². The third-order valence-corrected chi connectivity index (χ3v) is 8.78. The molecule has 2 atom stereocenters. The second-order valence-electron chi connectivity index (χ2n) is 8.11. The van der Waals surface area contributed by atoms with E-state index in [1.165, 1.54) is 4.31 Å². The van der Waals surface area contributed by atoms with Gasteiger partial charge in [0.2, 0.25) is 10.0 Å². The third-order valence-electron chi connectivity index (χ3n) is 5.91. The summed E-state index contributed by atoms with van der Waals surface area (Å²) in [6, 6.07) is 22.7. The molecule has 7 heteroatoms. The van der Waals surface area contributed by atoms with Gasteiger partial charge in [-0.05, 0) is 72.2 Å². The van der Waals surface area contributed by atoms with Gasteiger partial charge < -0.3 is 4.74 Å². The number of sulfonamides is 1. The number of rotatable bonds is 6. The number of benzene rings is 3. The van der Waals surface area contributed by atoms with Gasteiger partial charge in [0.1, 0.15) is 0 Å². The monoisotopic (exact) mass is 587 g/mol. The highest BCUT2D eigenvalue weighted by Crippen LogP contribution is 2.46. The minimum absolute atomic E-state index is 0.195. The largest absolute Gasteiger partial charge is 0.463 e. The third kappa shape index (κ3) is 4.82. The Morgan fingerprint density at radius 1 is 1.00 bits per heavy atom. The molecule has 176 valence electrons. The van der Waals surface area contributed by atoms with E-state index in [0.717, 1.165) is 20.3 Å². The summed E-state index contributed by atoms with van der Waals surface area (Å²) >= 11 is 2.20. The van der Waals surface area contributed by atoms with Crippen molar-refractivity contribution in [1.82, 2.24) is 4.31 Å². The molecule has 0 bridgehead atoms. The van der Waals surface area contributed by atoms with Gasteiger partial charge in [-0.3, -0.25) is 0 Å². The lowest BCUT2D eigenvalue weighted by Crippen LogP contribution is -2.43. The molecule has 4 rings (SSSR count). The molecule has 3 aromatic rings. The van der Waals surface area contributed by atoms with Crippen LogP contribution in [0.25, 0.3) is 0 Å². The summed E-state index contributed by atoms with van der Waals surface area (Å²) in [4.78, 5) is 13.3. The van der Waals surface area contributed by atoms with Gasteiger partial charge in [0.25, 0.3) is 0 Å². The summed E-state index contributed by atoms with van der Waals surface area (Å²) < 4.78 is 36.2. The SMILES string of the molecule is CCOC(=O)C1=CC[C@@H](c2ccccc2)N(S(=O)(=O)c2ccc(C)cc2)[C@H]1c1ccccc1I. The molecule has 0 unspecified atom stereocenters. The summed E-state index contributed by atoms with van der Waals surface area (Å²) in [5.74, 6) is -0.497. The smallest absolute Gasteiger partial charge is 0.335 e. The molecular weight excluding hydrogens is 561 g/mol. The highest BCUT2D eigenvalue weighted by molar-refractivity contribution is 14.1. The van der Waals surface area contributed by atoms with E-state index in [1.54, 1.807) is 31.2 Å². The molecule has 1 heterocycles. The lowest BCUT2D eigenvalue weighted by atomic mass is 9.89. The number of aryl methyl sites for hydroxylation is 1. The topological polar surface area (TPSA) is 63.7 Å². The fraction of sp³-hybridized carbons (Fsp3) is 0.222. The van der Waals surface area contributed by atoms with Gasteiger partial charge in [0, 0.05) is 3.57 Å². The zero-order valence-electron chi connectivity index (χ0n) is 19.0. The number of hydrogen-bond donors (Lipinski definition) is 0. The molecule has 0 saturated carbocycles. The molecule has 3 aromatic carbocycles. The van der Waals surface area contributed by atoms with Crippen molar-refractivity contribution < 1.29 is 17.9 Å². The van der Waals surface area contributed by atoms with Crippen LogP contribution in [-0.4, -0.2) is 25.3 Å². The summed E-state index contributed by atoms with van der Waals surface area (Å²) in [5, 5.41) is 0. The lowest BCUT2D eigenvalue weighted by molar-refractivity contribution is -0.139. The molecule has 5 nitrogen and oxygen atoms in total. The summed E-state index contributed by atoms with van der Waals surface area (Å²) in [7, 11) is -3.99. The maximum absolute atomic E-state index is 14.2. The minimum atomic E-state index is -3.99. The van der Waals surface area contributed by atoms with Crippen molar-refractivity contribution in [3.63, 3.8) is 0 Å². The Hall–Kier alpha value is -2.49. The van der Waals surface area contributed by atoms with Crippen molar-refractivity contribution in [2.24, 2.45) is 0 Å². The van der Waals surface area contributed by atoms with Crippen LogP contribution in [0, 0.1) is 10.5 Å². The standard InChI is InChI=1S/C27H26INO4S/c1-3-33-27(30)23-17-18-25(20-9-5-4-6-10-20)29(26(23)22-11-7-8-12-24(22)28)34(31,32)21-15-13-19(2)14-16-21/h4-17,25-26H,3,18H2,1-2H3/t25-,26-/m0/s1. The van der Waals surface area contributed by atoms with Crippen molar-refractivity contribution in [3.8, 4) is 0 Å². The van der Waals surface area contributed by atoms with Crippen LogP contribution in [0.5, 0.6) is 0 Å². The summed E-state index contributed by atoms with van der Waals surface area (Å²) in [6.45, 7) is 3.87. The lowest BCUT2D eigenvalue weighted by Gasteiger charge is -2.41. The van der Waals surface area contributed by atoms with E-state index in [9.17, 15) is 13.2 Å². The second-order valence-corrected chi connectivity index (χ2v) is 11.1. The Labute approximate surface area is 214 Å². The van der Waals surface area contributed by atoms with Crippen LogP contribution >= 0.6 is 22.6 Å². The number of nitrogens with zero attached hydrogens (tertiary/aromatic N) is 1. The van der Waals surface area contributed by atoms with Crippen LogP contribution in [0.4, 0.5) is 0 Å². The molecule has 0 spiro atoms. The Kier molecular flexibility index (Phi) is 7.54. The Bertz CT molecular complexity index is 1300. The molecule has 0 aromatic heterocycles. The number of halogens is 1. The molecule has 34 heavy (non-hydrogen) atoms. The first-order valence-corrected chi connectivity index (χ1v) is 13.6. The van der Waals surface area contributed by atoms with Crippen molar-refractivity contribution in [2.45, 2.75) is 37.2 Å². The number of carbonyl (C=O) groups excluding carboxylic acids is 1. The van der Waals surface area contributed by atoms with Crippen molar-refractivity contribution in [1.29, 1.82) is 0 Å². The van der Waals surface area contributed by atoms with Crippen molar-refractivity contribution in [2.75, 3.05) is 6.61 Å². The number of carbonyl (C=O) groups is 1. The van der Waals surface area contributed by atoms with E-state index >= 15 is 0 Å². The predicted molar refractivity (Wildman–Crippen MR) is 141 cm³/mol. The number of ether oxygens (including phenoxy) is 1. The Morgan fingerprint density at radius 2 is 1.65 bits per heavy atom. The second kappa shape index (κ2) is 10.4. The zero-order chi connectivity index (χ0) is 24.3. The fourth-order valence-electron chi connectivity index (χ4n) is 4.28. The minimum Gasteiger partial charge on any atom is -0.463 e. The first-order valence-electron chi connectivity index (χ1n) is 11.1. The van der Waals surface area contributed by atoms with Crippen molar-refractivity contribution >= 4 is 38.6 Å². The van der Waals surface area contributed by atoms with E-state index in [1.807, 2.05) is 67.6 Å². The summed E-state index contributed by atoms with van der Waals surface area (Å²) in [6.07, 6.45) is 2.20. The van der Waals surface area contributed by atoms with E-state index in [-0.39, 0.29) is 11.5 Å². The first kappa shape index (κ1) is 24.6. The van der Waals surface area contributed by atoms with Gasteiger partial charge in [-0.2, -0.15) is 4.31 Å². The average Bonchev–Trinajstić information content (AvgIpc) is 2.84. The van der Waals surface area contributed by atoms with Gasteiger partial charge in [0.05, 0.1) is 29.2 Å². The van der Waals surface area contributed by atoms with Gasteiger partial charge in [-0.15, -0.1) is 0 Å². The van der Waals surface area contributed by atoms with Crippen LogP contribution in [0.15, 0.2) is 95.4 Å². The Balaban J connectivity index is 1.98. The fourth-order valence-corrected chi connectivity index (χ4v) is 6.73. The predicted octanol–water partition coefficient (Wildman–Crippen LogP) is 5.97. The molecular formula is C27H26INO4S. The zero-order valence-corrected chi connectivity index (χ0v) is 22.0. The Morgan fingerprint density at radius 3 is 2.29 bits per heavy atom. The molecule has 1 aliphatic rings. The molecule has 1 aliphatic heterocycles. The van der Waals surface area contributed by atoms with Crippen LogP contribution in [0.2, 0.25) is 0 Å². The van der Waals surface area contributed by atoms with Gasteiger partial charge in [-0.1, -0.05) is 72.3 Å². The summed E-state index contributed by atoms with van der Waals surface area (Å²) in [5.41, 5.74) is 2.93. The quantitative estimate of drug-likeness (QED) is 0.264. The van der Waals surface area contributed by atoms with Gasteiger partial charge in [0.15, 0.2) is 0 Å². The van der Waals surface area contributed by atoms with E-state index in [2.05, 4.69) is 22.6 Å². The molecule has 0 N–H and O–H groups in total. The van der Waals surface area contributed by atoms with Gasteiger partial charge in [-0.25, -0.2) is 13.2 Å². The molecule has 0 aliphatic carbocycles. The normalized spacial score (nSPS) is 18.9. The van der Waals surface area contributed by atoms with Crippen LogP contribution in [0.3, 0.4) is 0 Å². The number of esters is 1. The molecule has 0 saturated heterocycles. The van der Waals surface area contributed by atoms with Gasteiger partial charge >= 0.3 is 5.97 Å².